The van der Waals surface area contributed by atoms with E-state index in [-0.39, 0.29) is 16.3 Å². The second-order valence-corrected chi connectivity index (χ2v) is 7.08. The van der Waals surface area contributed by atoms with Crippen LogP contribution in [0, 0.1) is 5.82 Å². The van der Waals surface area contributed by atoms with E-state index in [2.05, 4.69) is 15.2 Å². The van der Waals surface area contributed by atoms with Crippen molar-refractivity contribution >= 4 is 28.5 Å². The number of aliphatic hydroxyl groups is 1. The average Bonchev–Trinajstić information content (AvgIpc) is 3.35. The number of ether oxygens (including phenoxy) is 1. The van der Waals surface area contributed by atoms with Gasteiger partial charge in [-0.05, 0) is 30.5 Å². The highest BCUT2D eigenvalue weighted by Gasteiger charge is 2.25. The fourth-order valence-electron chi connectivity index (χ4n) is 2.65. The Morgan fingerprint density at radius 1 is 1.36 bits per heavy atom. The molecule has 0 aliphatic carbocycles. The predicted octanol–water partition coefficient (Wildman–Crippen LogP) is 3.19. The molecule has 3 aromatic rings. The molecule has 0 bridgehead atoms. The van der Waals surface area contributed by atoms with Crippen LogP contribution in [-0.2, 0) is 0 Å². The van der Waals surface area contributed by atoms with Crippen molar-refractivity contribution in [3.63, 3.8) is 0 Å². The zero-order chi connectivity index (χ0) is 20.3. The highest BCUT2D eigenvalue weighted by atomic mass is 35.5. The minimum atomic E-state index is -1.31. The molecule has 0 aliphatic heterocycles. The number of allylic oxidation sites excluding steroid dienone is 2. The number of nitrogens with zero attached hydrogens (tertiary/aromatic N) is 2. The second-order valence-electron chi connectivity index (χ2n) is 5.62. The Kier molecular flexibility index (Phi) is 5.98. The molecule has 0 spiro atoms. The normalized spacial score (nSPS) is 13.2. The number of hydrogen-bond donors (Lipinski definition) is 4. The monoisotopic (exact) mass is 421 g/mol. The quantitative estimate of drug-likeness (QED) is 0.453. The number of H-pyrrole nitrogens is 1. The summed E-state index contributed by atoms with van der Waals surface area (Å²) in [6.07, 6.45) is 4.40. The Bertz CT molecular complexity index is 1030. The van der Waals surface area contributed by atoms with E-state index in [1.54, 1.807) is 12.1 Å². The Balaban J connectivity index is 2.16. The topological polar surface area (TPSA) is 123 Å². The Labute approximate surface area is 169 Å². The van der Waals surface area contributed by atoms with Gasteiger partial charge in [0.05, 0.1) is 17.0 Å². The average molecular weight is 422 g/mol. The fraction of sp³-hybridized carbons (Fsp3) is 0.111. The number of benzene rings is 1. The molecule has 0 saturated heterocycles. The van der Waals surface area contributed by atoms with Crippen LogP contribution >= 0.6 is 22.9 Å². The summed E-state index contributed by atoms with van der Waals surface area (Å²) in [6.45, 7) is 0. The third kappa shape index (κ3) is 3.72. The van der Waals surface area contributed by atoms with E-state index >= 15 is 0 Å². The highest BCUT2D eigenvalue weighted by Crippen LogP contribution is 2.41. The third-order valence-electron chi connectivity index (χ3n) is 3.99. The van der Waals surface area contributed by atoms with Crippen molar-refractivity contribution in [2.45, 2.75) is 6.10 Å². The predicted molar refractivity (Wildman–Crippen MR) is 107 cm³/mol. The molecule has 0 saturated carbocycles. The summed E-state index contributed by atoms with van der Waals surface area (Å²) < 4.78 is 19.7. The largest absolute Gasteiger partial charge is 0.495 e. The van der Waals surface area contributed by atoms with Crippen LogP contribution in [0.15, 0.2) is 43.0 Å². The van der Waals surface area contributed by atoms with Crippen molar-refractivity contribution in [1.82, 2.24) is 15.2 Å². The lowest BCUT2D eigenvalue weighted by atomic mass is 10.00. The summed E-state index contributed by atoms with van der Waals surface area (Å²) >= 11 is 7.26. The minimum absolute atomic E-state index is 0.0130. The van der Waals surface area contributed by atoms with Crippen LogP contribution in [0.4, 0.5) is 4.39 Å². The standard InChI is InChI=1S/C18H17ClFN5O2S/c1-27-14-4-10(13(20)6-12(14)19)16(26)11-5-15(9(7-22)2-3-21)28-17(11)18-23-8-24-25-18/h2-8,16,26H,21-22H2,1H3,(H,23,24,25)/b3-2-,9-7+. The van der Waals surface area contributed by atoms with Gasteiger partial charge in [0.25, 0.3) is 0 Å². The SMILES string of the molecule is COc1cc(C(O)c2cc(C(/C=C\N)=C/N)sc2-c2ncn[nH]2)c(F)cc1Cl. The number of methoxy groups -OCH3 is 1. The van der Waals surface area contributed by atoms with E-state index in [1.165, 1.54) is 43.2 Å². The lowest BCUT2D eigenvalue weighted by Crippen LogP contribution is -2.04. The van der Waals surface area contributed by atoms with Crippen molar-refractivity contribution in [3.05, 3.63) is 69.8 Å². The van der Waals surface area contributed by atoms with Crippen molar-refractivity contribution < 1.29 is 14.2 Å². The lowest BCUT2D eigenvalue weighted by Gasteiger charge is -2.14. The number of thiophene rings is 1. The molecule has 6 N–H and O–H groups in total. The summed E-state index contributed by atoms with van der Waals surface area (Å²) in [5.74, 6) is 0.0214. The second kappa shape index (κ2) is 8.42. The van der Waals surface area contributed by atoms with E-state index in [4.69, 9.17) is 27.8 Å². The molecule has 2 heterocycles. The molecule has 0 fully saturated rings. The maximum atomic E-state index is 14.5. The zero-order valence-electron chi connectivity index (χ0n) is 14.7. The number of nitrogens with one attached hydrogen (secondary N) is 1. The van der Waals surface area contributed by atoms with Gasteiger partial charge in [-0.2, -0.15) is 5.10 Å². The van der Waals surface area contributed by atoms with Crippen LogP contribution < -0.4 is 16.2 Å². The van der Waals surface area contributed by atoms with Crippen molar-refractivity contribution in [1.29, 1.82) is 0 Å². The molecule has 7 nitrogen and oxygen atoms in total. The molecule has 0 amide bonds. The van der Waals surface area contributed by atoms with E-state index < -0.39 is 11.9 Å². The van der Waals surface area contributed by atoms with Gasteiger partial charge in [-0.1, -0.05) is 11.6 Å². The molecule has 10 heteroatoms. The van der Waals surface area contributed by atoms with Crippen molar-refractivity contribution in [2.24, 2.45) is 11.5 Å². The smallest absolute Gasteiger partial charge is 0.165 e. The molecular weight excluding hydrogens is 405 g/mol. The molecule has 1 unspecified atom stereocenters. The molecule has 146 valence electrons. The van der Waals surface area contributed by atoms with E-state index in [0.29, 0.717) is 26.7 Å². The summed E-state index contributed by atoms with van der Waals surface area (Å²) in [6, 6.07) is 4.17. The van der Waals surface area contributed by atoms with Crippen LogP contribution in [0.2, 0.25) is 5.02 Å². The maximum Gasteiger partial charge on any atom is 0.165 e. The van der Waals surface area contributed by atoms with Gasteiger partial charge in [-0.25, -0.2) is 9.37 Å². The first-order chi connectivity index (χ1) is 13.5. The number of hydrogen-bond acceptors (Lipinski definition) is 7. The third-order valence-corrected chi connectivity index (χ3v) is 5.49. The highest BCUT2D eigenvalue weighted by molar-refractivity contribution is 7.16. The molecule has 1 atom stereocenters. The summed E-state index contributed by atoms with van der Waals surface area (Å²) in [5.41, 5.74) is 12.2. The summed E-state index contributed by atoms with van der Waals surface area (Å²) in [5, 5.41) is 17.7. The van der Waals surface area contributed by atoms with Crippen LogP contribution in [0.3, 0.4) is 0 Å². The van der Waals surface area contributed by atoms with Crippen LogP contribution in [0.25, 0.3) is 16.3 Å². The molecular formula is C18H17ClFN5O2S. The molecule has 28 heavy (non-hydrogen) atoms. The van der Waals surface area contributed by atoms with Gasteiger partial charge in [0.15, 0.2) is 5.82 Å². The first kappa shape index (κ1) is 19.9. The van der Waals surface area contributed by atoms with Gasteiger partial charge in [0, 0.05) is 27.8 Å². The van der Waals surface area contributed by atoms with Gasteiger partial charge < -0.3 is 21.3 Å². The molecule has 0 aliphatic rings. The number of halogens is 2. The number of nitrogens with two attached hydrogens (primary N) is 2. The summed E-state index contributed by atoms with van der Waals surface area (Å²) in [4.78, 5) is 5.43. The first-order valence-corrected chi connectivity index (χ1v) is 9.20. The number of aromatic nitrogens is 3. The zero-order valence-corrected chi connectivity index (χ0v) is 16.3. The van der Waals surface area contributed by atoms with Gasteiger partial charge in [0.2, 0.25) is 0 Å². The fourth-order valence-corrected chi connectivity index (χ4v) is 4.02. The Morgan fingerprint density at radius 3 is 2.75 bits per heavy atom. The van der Waals surface area contributed by atoms with Crippen LogP contribution in [0.1, 0.15) is 22.1 Å². The number of aliphatic hydroxyl groups excluding tert-OH is 1. The lowest BCUT2D eigenvalue weighted by molar-refractivity contribution is 0.215. The molecule has 1 aromatic carbocycles. The van der Waals surface area contributed by atoms with Gasteiger partial charge in [-0.15, -0.1) is 11.3 Å². The van der Waals surface area contributed by atoms with E-state index in [0.717, 1.165) is 6.07 Å². The van der Waals surface area contributed by atoms with E-state index in [9.17, 15) is 9.50 Å². The van der Waals surface area contributed by atoms with Crippen molar-refractivity contribution in [3.8, 4) is 16.5 Å². The molecule has 2 aromatic heterocycles. The first-order valence-electron chi connectivity index (χ1n) is 8.01. The van der Waals surface area contributed by atoms with Crippen molar-refractivity contribution in [2.75, 3.05) is 7.11 Å². The number of rotatable bonds is 6. The van der Waals surface area contributed by atoms with Crippen LogP contribution in [0.5, 0.6) is 5.75 Å². The van der Waals surface area contributed by atoms with Crippen LogP contribution in [-0.4, -0.2) is 27.4 Å². The van der Waals surface area contributed by atoms with Gasteiger partial charge in [-0.3, -0.25) is 5.10 Å². The molecule has 3 rings (SSSR count). The molecule has 0 radical (unpaired) electrons. The Hall–Kier alpha value is -2.88. The minimum Gasteiger partial charge on any atom is -0.495 e. The Morgan fingerprint density at radius 2 is 2.14 bits per heavy atom. The van der Waals surface area contributed by atoms with Gasteiger partial charge >= 0.3 is 0 Å². The summed E-state index contributed by atoms with van der Waals surface area (Å²) in [7, 11) is 1.41. The number of aromatic amines is 1. The van der Waals surface area contributed by atoms with Gasteiger partial charge in [0.1, 0.15) is 24.0 Å². The van der Waals surface area contributed by atoms with E-state index in [1.807, 2.05) is 0 Å². The maximum absolute atomic E-state index is 14.5.